The van der Waals surface area contributed by atoms with Crippen LogP contribution in [0, 0.1) is 6.92 Å². The van der Waals surface area contributed by atoms with Crippen LogP contribution in [0.3, 0.4) is 0 Å². The number of aromatic nitrogens is 3. The maximum absolute atomic E-state index is 6.09. The van der Waals surface area contributed by atoms with E-state index in [0.717, 1.165) is 48.9 Å². The van der Waals surface area contributed by atoms with Crippen molar-refractivity contribution in [3.63, 3.8) is 0 Å². The van der Waals surface area contributed by atoms with Gasteiger partial charge in [-0.2, -0.15) is 0 Å². The Balaban J connectivity index is 1.96. The van der Waals surface area contributed by atoms with Gasteiger partial charge in [-0.25, -0.2) is 9.97 Å². The molecule has 1 aliphatic heterocycles. The second kappa shape index (κ2) is 5.91. The van der Waals surface area contributed by atoms with Crippen molar-refractivity contribution in [3.8, 4) is 0 Å². The van der Waals surface area contributed by atoms with Crippen LogP contribution in [0.5, 0.6) is 0 Å². The van der Waals surface area contributed by atoms with Crippen molar-refractivity contribution >= 4 is 22.8 Å². The Kier molecular flexibility index (Phi) is 4.15. The van der Waals surface area contributed by atoms with E-state index in [1.165, 1.54) is 0 Å². The van der Waals surface area contributed by atoms with Gasteiger partial charge in [-0.05, 0) is 33.2 Å². The van der Waals surface area contributed by atoms with Crippen LogP contribution in [0.2, 0.25) is 0 Å². The molecule has 0 saturated carbocycles. The number of imidazole rings is 1. The van der Waals surface area contributed by atoms with Gasteiger partial charge in [0.1, 0.15) is 11.3 Å². The second-order valence-electron chi connectivity index (χ2n) is 5.96. The van der Waals surface area contributed by atoms with E-state index >= 15 is 0 Å². The number of aryl methyl sites for hydroxylation is 1. The first-order valence-corrected chi connectivity index (χ1v) is 7.89. The van der Waals surface area contributed by atoms with Crippen molar-refractivity contribution in [2.75, 3.05) is 33.7 Å². The first-order chi connectivity index (χ1) is 10.1. The number of nitrogens with zero attached hydrogens (tertiary/aromatic N) is 5. The van der Waals surface area contributed by atoms with Crippen LogP contribution < -0.4 is 0 Å². The molecule has 0 bridgehead atoms. The normalized spacial score (nSPS) is 21.2. The minimum absolute atomic E-state index is 0.418. The van der Waals surface area contributed by atoms with E-state index in [4.69, 9.17) is 11.6 Å². The zero-order valence-corrected chi connectivity index (χ0v) is 13.6. The molecule has 1 atom stereocenters. The average molecular weight is 308 g/mol. The van der Waals surface area contributed by atoms with E-state index in [1.807, 2.05) is 19.1 Å². The Morgan fingerprint density at radius 1 is 1.24 bits per heavy atom. The molecule has 2 aromatic heterocycles. The van der Waals surface area contributed by atoms with E-state index in [9.17, 15) is 0 Å². The summed E-state index contributed by atoms with van der Waals surface area (Å²) in [4.78, 5) is 14.1. The Morgan fingerprint density at radius 2 is 2.05 bits per heavy atom. The van der Waals surface area contributed by atoms with E-state index in [0.29, 0.717) is 11.9 Å². The van der Waals surface area contributed by atoms with Crippen LogP contribution in [0.4, 0.5) is 0 Å². The van der Waals surface area contributed by atoms with Gasteiger partial charge in [0.2, 0.25) is 0 Å². The summed E-state index contributed by atoms with van der Waals surface area (Å²) in [5.74, 6) is 1.33. The van der Waals surface area contributed by atoms with Crippen molar-refractivity contribution in [2.45, 2.75) is 25.4 Å². The third-order valence-electron chi connectivity index (χ3n) is 4.30. The Hall–Kier alpha value is -1.17. The average Bonchev–Trinajstić information content (AvgIpc) is 2.80. The molecule has 3 rings (SSSR count). The molecule has 0 aliphatic carbocycles. The molecule has 114 valence electrons. The molecule has 1 unspecified atom stereocenters. The fourth-order valence-corrected chi connectivity index (χ4v) is 3.15. The lowest BCUT2D eigenvalue weighted by Gasteiger charge is -2.38. The molecular weight excluding hydrogens is 286 g/mol. The molecule has 1 saturated heterocycles. The van der Waals surface area contributed by atoms with Crippen LogP contribution in [-0.4, -0.2) is 64.1 Å². The first kappa shape index (κ1) is 14.8. The zero-order chi connectivity index (χ0) is 15.0. The standard InChI is InChI=1S/C15H22ClN5/c1-11-4-5-13-15(17-11)21(14(8-16)18-13)10-12-9-19(2)6-7-20(12)3/h4-5,12H,6-10H2,1-3H3. The summed E-state index contributed by atoms with van der Waals surface area (Å²) in [5.41, 5.74) is 2.90. The Labute approximate surface area is 130 Å². The molecule has 5 nitrogen and oxygen atoms in total. The quantitative estimate of drug-likeness (QED) is 0.809. The number of rotatable bonds is 3. The molecule has 21 heavy (non-hydrogen) atoms. The van der Waals surface area contributed by atoms with Crippen molar-refractivity contribution < 1.29 is 0 Å². The van der Waals surface area contributed by atoms with Crippen LogP contribution in [0.1, 0.15) is 11.5 Å². The lowest BCUT2D eigenvalue weighted by Crippen LogP contribution is -2.51. The van der Waals surface area contributed by atoms with Gasteiger partial charge in [0.05, 0.1) is 5.88 Å². The van der Waals surface area contributed by atoms with Gasteiger partial charge < -0.3 is 9.47 Å². The third kappa shape index (κ3) is 2.91. The van der Waals surface area contributed by atoms with E-state index in [2.05, 4.69) is 38.4 Å². The van der Waals surface area contributed by atoms with Crippen LogP contribution in [0.15, 0.2) is 12.1 Å². The molecule has 0 N–H and O–H groups in total. The molecule has 0 aromatic carbocycles. The number of likely N-dealkylation sites (N-methyl/N-ethyl adjacent to an activating group) is 2. The summed E-state index contributed by atoms with van der Waals surface area (Å²) >= 11 is 6.09. The number of halogens is 1. The van der Waals surface area contributed by atoms with Gasteiger partial charge in [-0.3, -0.25) is 4.90 Å². The summed E-state index contributed by atoms with van der Waals surface area (Å²) in [5, 5.41) is 0. The van der Waals surface area contributed by atoms with Crippen molar-refractivity contribution in [2.24, 2.45) is 0 Å². The molecule has 0 spiro atoms. The van der Waals surface area contributed by atoms with Crippen molar-refractivity contribution in [1.29, 1.82) is 0 Å². The number of hydrogen-bond donors (Lipinski definition) is 0. The minimum atomic E-state index is 0.418. The highest BCUT2D eigenvalue weighted by Gasteiger charge is 2.24. The summed E-state index contributed by atoms with van der Waals surface area (Å²) in [7, 11) is 4.37. The molecule has 3 heterocycles. The molecule has 2 aromatic rings. The first-order valence-electron chi connectivity index (χ1n) is 7.36. The molecule has 1 aliphatic rings. The van der Waals surface area contributed by atoms with Gasteiger partial charge in [-0.1, -0.05) is 0 Å². The monoisotopic (exact) mass is 307 g/mol. The third-order valence-corrected chi connectivity index (χ3v) is 4.54. The lowest BCUT2D eigenvalue weighted by molar-refractivity contribution is 0.103. The Morgan fingerprint density at radius 3 is 2.81 bits per heavy atom. The van der Waals surface area contributed by atoms with Crippen LogP contribution in [0.25, 0.3) is 11.2 Å². The van der Waals surface area contributed by atoms with Crippen molar-refractivity contribution in [1.82, 2.24) is 24.3 Å². The molecule has 0 amide bonds. The summed E-state index contributed by atoms with van der Waals surface area (Å²) in [6.45, 7) is 6.17. The Bertz CT molecular complexity index is 638. The number of pyridine rings is 1. The van der Waals surface area contributed by atoms with Gasteiger partial charge in [-0.15, -0.1) is 11.6 Å². The molecule has 1 fully saturated rings. The summed E-state index contributed by atoms with van der Waals surface area (Å²) in [6.07, 6.45) is 0. The smallest absolute Gasteiger partial charge is 0.160 e. The highest BCUT2D eigenvalue weighted by Crippen LogP contribution is 2.19. The van der Waals surface area contributed by atoms with Crippen LogP contribution in [-0.2, 0) is 12.4 Å². The molecule has 0 radical (unpaired) electrons. The fourth-order valence-electron chi connectivity index (χ4n) is 2.95. The largest absolute Gasteiger partial charge is 0.310 e. The summed E-state index contributed by atoms with van der Waals surface area (Å²) < 4.78 is 2.19. The van der Waals surface area contributed by atoms with Crippen LogP contribution >= 0.6 is 11.6 Å². The van der Waals surface area contributed by atoms with Gasteiger partial charge >= 0.3 is 0 Å². The number of hydrogen-bond acceptors (Lipinski definition) is 4. The van der Waals surface area contributed by atoms with E-state index in [-0.39, 0.29) is 0 Å². The topological polar surface area (TPSA) is 37.2 Å². The highest BCUT2D eigenvalue weighted by atomic mass is 35.5. The second-order valence-corrected chi connectivity index (χ2v) is 6.23. The predicted octanol–water partition coefficient (Wildman–Crippen LogP) is 1.72. The lowest BCUT2D eigenvalue weighted by atomic mass is 10.2. The SMILES string of the molecule is Cc1ccc2nc(CCl)n(CC3CN(C)CCN3C)c2n1. The maximum atomic E-state index is 6.09. The molecule has 6 heteroatoms. The number of piperazine rings is 1. The highest BCUT2D eigenvalue weighted by molar-refractivity contribution is 6.16. The summed E-state index contributed by atoms with van der Waals surface area (Å²) in [6, 6.07) is 4.49. The predicted molar refractivity (Wildman–Crippen MR) is 85.7 cm³/mol. The minimum Gasteiger partial charge on any atom is -0.310 e. The van der Waals surface area contributed by atoms with Crippen molar-refractivity contribution in [3.05, 3.63) is 23.7 Å². The number of fused-ring (bicyclic) bond motifs is 1. The van der Waals surface area contributed by atoms with Gasteiger partial charge in [0, 0.05) is 37.9 Å². The molecular formula is C15H22ClN5. The maximum Gasteiger partial charge on any atom is 0.160 e. The van der Waals surface area contributed by atoms with E-state index in [1.54, 1.807) is 0 Å². The van der Waals surface area contributed by atoms with Gasteiger partial charge in [0.25, 0.3) is 0 Å². The van der Waals surface area contributed by atoms with E-state index < -0.39 is 0 Å². The van der Waals surface area contributed by atoms with Gasteiger partial charge in [0.15, 0.2) is 5.65 Å². The fraction of sp³-hybridized carbons (Fsp3) is 0.600. The zero-order valence-electron chi connectivity index (χ0n) is 12.9. The number of alkyl halides is 1.